The van der Waals surface area contributed by atoms with Gasteiger partial charge in [-0.3, -0.25) is 4.57 Å². The summed E-state index contributed by atoms with van der Waals surface area (Å²) in [6.07, 6.45) is 0. The first-order valence-corrected chi connectivity index (χ1v) is 22.4. The zero-order valence-electron chi connectivity index (χ0n) is 36.1. The molecule has 9 aromatic carbocycles. The highest BCUT2D eigenvalue weighted by Gasteiger charge is 2.37. The van der Waals surface area contributed by atoms with Crippen LogP contribution in [0.2, 0.25) is 0 Å². The average molecular weight is 847 g/mol. The van der Waals surface area contributed by atoms with E-state index in [4.69, 9.17) is 23.8 Å². The van der Waals surface area contributed by atoms with Crippen LogP contribution < -0.4 is 0 Å². The van der Waals surface area contributed by atoms with E-state index in [9.17, 15) is 0 Å². The first-order valence-electron chi connectivity index (χ1n) is 22.4. The largest absolute Gasteiger partial charge is 0.456 e. The number of fused-ring (bicyclic) bond motifs is 12. The van der Waals surface area contributed by atoms with Gasteiger partial charge in [0, 0.05) is 48.9 Å². The molecule has 0 spiro atoms. The van der Waals surface area contributed by atoms with Crippen LogP contribution >= 0.6 is 0 Å². The van der Waals surface area contributed by atoms with Crippen LogP contribution in [-0.4, -0.2) is 19.5 Å². The Bertz CT molecular complexity index is 4150. The predicted molar refractivity (Wildman–Crippen MR) is 268 cm³/mol. The number of hydrogen-bond acceptors (Lipinski definition) is 5. The van der Waals surface area contributed by atoms with Crippen molar-refractivity contribution in [3.63, 3.8) is 0 Å². The highest BCUT2D eigenvalue weighted by molar-refractivity contribution is 6.16. The molecule has 0 unspecified atom stereocenters. The SMILES string of the molecule is CC1(C)c2ccccc2-c2c(-c3nc(-c4cccc5oc6ccccc6c45)nc(-n4c5ccc(-c6ccccc6)cc5c5cc(-c6cccc7oc8ccccc8c67)ccc54)n3)cccc21. The third-order valence-electron chi connectivity index (χ3n) is 13.9. The number of hydrogen-bond donors (Lipinski definition) is 0. The van der Waals surface area contributed by atoms with E-state index < -0.39 is 0 Å². The molecule has 6 nitrogen and oxygen atoms in total. The van der Waals surface area contributed by atoms with Gasteiger partial charge in [-0.15, -0.1) is 0 Å². The van der Waals surface area contributed by atoms with Crippen LogP contribution in [0.1, 0.15) is 25.0 Å². The smallest absolute Gasteiger partial charge is 0.238 e. The molecule has 14 rings (SSSR count). The zero-order chi connectivity index (χ0) is 43.7. The Morgan fingerprint density at radius 1 is 0.379 bits per heavy atom. The maximum absolute atomic E-state index is 6.43. The average Bonchev–Trinajstić information content (AvgIpc) is 4.10. The highest BCUT2D eigenvalue weighted by Crippen LogP contribution is 2.52. The number of furan rings is 2. The quantitative estimate of drug-likeness (QED) is 0.173. The molecule has 0 bridgehead atoms. The van der Waals surface area contributed by atoms with Gasteiger partial charge in [0.25, 0.3) is 0 Å². The van der Waals surface area contributed by atoms with Crippen molar-refractivity contribution in [2.24, 2.45) is 0 Å². The summed E-state index contributed by atoms with van der Waals surface area (Å²) in [6, 6.07) is 68.3. The third kappa shape index (κ3) is 5.27. The molecule has 0 aliphatic heterocycles. The summed E-state index contributed by atoms with van der Waals surface area (Å²) in [5.41, 5.74) is 16.4. The number of rotatable bonds is 5. The first kappa shape index (κ1) is 36.8. The lowest BCUT2D eigenvalue weighted by Crippen LogP contribution is -2.14. The molecule has 0 amide bonds. The van der Waals surface area contributed by atoms with Gasteiger partial charge in [-0.05, 0) is 93.0 Å². The van der Waals surface area contributed by atoms with Crippen molar-refractivity contribution in [1.29, 1.82) is 0 Å². The lowest BCUT2D eigenvalue weighted by molar-refractivity contribution is 0.660. The molecule has 0 saturated carbocycles. The van der Waals surface area contributed by atoms with Crippen molar-refractivity contribution >= 4 is 65.7 Å². The lowest BCUT2D eigenvalue weighted by Gasteiger charge is -2.21. The molecule has 0 N–H and O–H groups in total. The molecule has 0 radical (unpaired) electrons. The standard InChI is InChI=1S/C60H38N4O2/c1-60(2)46-23-9-6-17-39(46)54-42(21-12-24-47(54)60)57-61-58(43-22-14-28-53-56(43)41-19-8-11-26-51(41)66-53)63-59(62-57)64-48-31-29-36(35-15-4-3-5-16-35)33-44(48)45-34-37(30-32-49(45)64)38-20-13-27-52-55(38)40-18-7-10-25-50(40)65-52/h3-34H,1-2H3. The summed E-state index contributed by atoms with van der Waals surface area (Å²) in [6.45, 7) is 4.62. The molecule has 310 valence electrons. The van der Waals surface area contributed by atoms with Crippen molar-refractivity contribution < 1.29 is 8.83 Å². The van der Waals surface area contributed by atoms with Gasteiger partial charge in [0.15, 0.2) is 11.6 Å². The Hall–Kier alpha value is -8.61. The number of aromatic nitrogens is 4. The van der Waals surface area contributed by atoms with E-state index in [0.29, 0.717) is 17.6 Å². The lowest BCUT2D eigenvalue weighted by atomic mass is 9.82. The Morgan fingerprint density at radius 3 is 1.62 bits per heavy atom. The molecule has 4 heterocycles. The predicted octanol–water partition coefficient (Wildman–Crippen LogP) is 15.7. The number of benzene rings is 9. The molecule has 1 aliphatic rings. The van der Waals surface area contributed by atoms with Gasteiger partial charge >= 0.3 is 0 Å². The molecule has 13 aromatic rings. The second-order valence-corrected chi connectivity index (χ2v) is 17.9. The number of para-hydroxylation sites is 2. The van der Waals surface area contributed by atoms with E-state index in [2.05, 4.69) is 176 Å². The van der Waals surface area contributed by atoms with Crippen LogP contribution in [0.4, 0.5) is 0 Å². The van der Waals surface area contributed by atoms with Gasteiger partial charge in [-0.1, -0.05) is 159 Å². The van der Waals surface area contributed by atoms with E-state index in [1.165, 1.54) is 16.7 Å². The van der Waals surface area contributed by atoms with Gasteiger partial charge in [0.1, 0.15) is 22.3 Å². The van der Waals surface area contributed by atoms with E-state index in [1.807, 2.05) is 36.4 Å². The summed E-state index contributed by atoms with van der Waals surface area (Å²) < 4.78 is 15.0. The fourth-order valence-corrected chi connectivity index (χ4v) is 10.8. The molecule has 6 heteroatoms. The molecule has 1 aliphatic carbocycles. The van der Waals surface area contributed by atoms with Gasteiger partial charge in [-0.2, -0.15) is 9.97 Å². The fraction of sp³-hybridized carbons (Fsp3) is 0.0500. The second kappa shape index (κ2) is 13.7. The maximum atomic E-state index is 6.43. The van der Waals surface area contributed by atoms with Crippen LogP contribution in [-0.2, 0) is 5.41 Å². The first-order chi connectivity index (χ1) is 32.5. The Morgan fingerprint density at radius 2 is 0.894 bits per heavy atom. The molecule has 4 aromatic heterocycles. The van der Waals surface area contributed by atoms with Crippen LogP contribution in [0.25, 0.3) is 128 Å². The molecular weight excluding hydrogens is 809 g/mol. The van der Waals surface area contributed by atoms with E-state index in [1.54, 1.807) is 0 Å². The van der Waals surface area contributed by atoms with Gasteiger partial charge in [0.2, 0.25) is 5.95 Å². The van der Waals surface area contributed by atoms with E-state index in [0.717, 1.165) is 105 Å². The van der Waals surface area contributed by atoms with Crippen LogP contribution in [0.5, 0.6) is 0 Å². The van der Waals surface area contributed by atoms with Gasteiger partial charge < -0.3 is 8.83 Å². The summed E-state index contributed by atoms with van der Waals surface area (Å²) >= 11 is 0. The van der Waals surface area contributed by atoms with Gasteiger partial charge in [-0.25, -0.2) is 4.98 Å². The third-order valence-corrected chi connectivity index (χ3v) is 13.9. The van der Waals surface area contributed by atoms with E-state index >= 15 is 0 Å². The van der Waals surface area contributed by atoms with Crippen molar-refractivity contribution in [2.45, 2.75) is 19.3 Å². The Balaban J connectivity index is 1.07. The Kier molecular flexibility index (Phi) is 7.64. The number of nitrogens with zero attached hydrogens (tertiary/aromatic N) is 4. The summed E-state index contributed by atoms with van der Waals surface area (Å²) in [5, 5.41) is 6.38. The summed E-state index contributed by atoms with van der Waals surface area (Å²) in [4.78, 5) is 16.5. The van der Waals surface area contributed by atoms with Crippen molar-refractivity contribution in [3.8, 4) is 62.1 Å². The topological polar surface area (TPSA) is 69.9 Å². The van der Waals surface area contributed by atoms with Crippen molar-refractivity contribution in [3.05, 3.63) is 205 Å². The molecule has 66 heavy (non-hydrogen) atoms. The molecular formula is C60H38N4O2. The molecule has 0 saturated heterocycles. The highest BCUT2D eigenvalue weighted by atomic mass is 16.3. The Labute approximate surface area is 379 Å². The second-order valence-electron chi connectivity index (χ2n) is 17.9. The van der Waals surface area contributed by atoms with Crippen LogP contribution in [0.3, 0.4) is 0 Å². The molecule has 0 atom stereocenters. The van der Waals surface area contributed by atoms with Crippen molar-refractivity contribution in [2.75, 3.05) is 0 Å². The normalized spacial score (nSPS) is 13.1. The molecule has 0 fully saturated rings. The minimum absolute atomic E-state index is 0.198. The fourth-order valence-electron chi connectivity index (χ4n) is 10.8. The minimum atomic E-state index is -0.198. The minimum Gasteiger partial charge on any atom is -0.456 e. The van der Waals surface area contributed by atoms with E-state index in [-0.39, 0.29) is 5.41 Å². The van der Waals surface area contributed by atoms with Crippen LogP contribution in [0, 0.1) is 0 Å². The van der Waals surface area contributed by atoms with Gasteiger partial charge in [0.05, 0.1) is 11.0 Å². The maximum Gasteiger partial charge on any atom is 0.238 e. The zero-order valence-corrected chi connectivity index (χ0v) is 36.1. The summed E-state index contributed by atoms with van der Waals surface area (Å²) in [5.74, 6) is 1.71. The van der Waals surface area contributed by atoms with Crippen molar-refractivity contribution in [1.82, 2.24) is 19.5 Å². The monoisotopic (exact) mass is 846 g/mol. The van der Waals surface area contributed by atoms with Crippen LogP contribution in [0.15, 0.2) is 203 Å². The summed E-state index contributed by atoms with van der Waals surface area (Å²) in [7, 11) is 0.